The summed E-state index contributed by atoms with van der Waals surface area (Å²) in [5.74, 6) is 1.56. The lowest BCUT2D eigenvalue weighted by atomic mass is 9.78. The van der Waals surface area contributed by atoms with Crippen LogP contribution in [0.5, 0.6) is 0 Å². The maximum Gasteiger partial charge on any atom is 0.151 e. The van der Waals surface area contributed by atoms with Crippen molar-refractivity contribution in [3.63, 3.8) is 0 Å². The molecule has 0 saturated heterocycles. The van der Waals surface area contributed by atoms with E-state index >= 15 is 0 Å². The van der Waals surface area contributed by atoms with Gasteiger partial charge in [-0.15, -0.1) is 5.10 Å². The Balaban J connectivity index is 1.77. The Morgan fingerprint density at radius 3 is 2.50 bits per heavy atom. The average Bonchev–Trinajstić information content (AvgIpc) is 2.41. The number of hydrogen-bond donors (Lipinski definition) is 0. The largest absolute Gasteiger partial charge is 0.154 e. The highest BCUT2D eigenvalue weighted by atomic mass is 35.5. The van der Waals surface area contributed by atoms with Gasteiger partial charge in [-0.25, -0.2) is 0 Å². The summed E-state index contributed by atoms with van der Waals surface area (Å²) in [5, 5.41) is 8.66. The van der Waals surface area contributed by atoms with E-state index in [1.807, 2.05) is 12.1 Å². The van der Waals surface area contributed by atoms with Gasteiger partial charge in [-0.3, -0.25) is 0 Å². The van der Waals surface area contributed by atoms with Crippen molar-refractivity contribution in [2.24, 2.45) is 5.92 Å². The average molecular weight is 267 g/mol. The van der Waals surface area contributed by atoms with Crippen LogP contribution in [0.4, 0.5) is 0 Å². The van der Waals surface area contributed by atoms with Crippen LogP contribution in [-0.4, -0.2) is 10.2 Å². The van der Waals surface area contributed by atoms with E-state index in [4.69, 9.17) is 11.6 Å². The topological polar surface area (TPSA) is 25.8 Å². The minimum atomic E-state index is 0.493. The fraction of sp³-hybridized carbons (Fsp3) is 0.733. The molecule has 1 aromatic heterocycles. The second-order valence-corrected chi connectivity index (χ2v) is 5.88. The lowest BCUT2D eigenvalue weighted by molar-refractivity contribution is 0.299. The summed E-state index contributed by atoms with van der Waals surface area (Å²) < 4.78 is 0. The first-order valence-electron chi connectivity index (χ1n) is 7.28. The molecular formula is C15H23ClN2. The number of hydrogen-bond acceptors (Lipinski definition) is 2. The first kappa shape index (κ1) is 13.8. The molecule has 0 aromatic carbocycles. The summed E-state index contributed by atoms with van der Waals surface area (Å²) in [7, 11) is 0. The van der Waals surface area contributed by atoms with Gasteiger partial charge in [0.1, 0.15) is 0 Å². The van der Waals surface area contributed by atoms with Crippen LogP contribution in [0.2, 0.25) is 5.15 Å². The second-order valence-electron chi connectivity index (χ2n) is 5.49. The van der Waals surface area contributed by atoms with Crippen LogP contribution in [0.3, 0.4) is 0 Å². The third-order valence-electron chi connectivity index (χ3n) is 4.13. The molecule has 2 rings (SSSR count). The molecule has 0 amide bonds. The highest BCUT2D eigenvalue weighted by molar-refractivity contribution is 6.29. The number of aromatic nitrogens is 2. The normalized spacial score (nSPS) is 24.1. The van der Waals surface area contributed by atoms with Crippen molar-refractivity contribution >= 4 is 11.6 Å². The van der Waals surface area contributed by atoms with E-state index in [1.54, 1.807) is 0 Å². The molecule has 0 N–H and O–H groups in total. The summed E-state index contributed by atoms with van der Waals surface area (Å²) in [6.45, 7) is 2.27. The third-order valence-corrected chi connectivity index (χ3v) is 4.34. The van der Waals surface area contributed by atoms with Gasteiger partial charge in [-0.05, 0) is 43.7 Å². The molecule has 1 fully saturated rings. The zero-order valence-electron chi connectivity index (χ0n) is 11.2. The fourth-order valence-corrected chi connectivity index (χ4v) is 3.07. The fourth-order valence-electron chi connectivity index (χ4n) is 2.97. The monoisotopic (exact) mass is 266 g/mol. The summed E-state index contributed by atoms with van der Waals surface area (Å²) in [6.07, 6.45) is 10.8. The maximum atomic E-state index is 5.77. The molecule has 0 unspecified atom stereocenters. The predicted octanol–water partition coefficient (Wildman–Crippen LogP) is 4.98. The standard InChI is InChI=1S/C15H23ClN2/c1-2-3-4-5-12-6-8-13(9-7-12)14-10-11-15(16)18-17-14/h10-13H,2-9H2,1H3. The van der Waals surface area contributed by atoms with Gasteiger partial charge in [0.25, 0.3) is 0 Å². The molecule has 1 aliphatic rings. The molecule has 1 heterocycles. The van der Waals surface area contributed by atoms with Crippen molar-refractivity contribution in [1.29, 1.82) is 0 Å². The smallest absolute Gasteiger partial charge is 0.151 e. The van der Waals surface area contributed by atoms with Crippen molar-refractivity contribution in [2.45, 2.75) is 64.2 Å². The molecule has 2 nitrogen and oxygen atoms in total. The number of rotatable bonds is 5. The van der Waals surface area contributed by atoms with E-state index in [0.29, 0.717) is 11.1 Å². The van der Waals surface area contributed by atoms with Crippen molar-refractivity contribution in [2.75, 3.05) is 0 Å². The lowest BCUT2D eigenvalue weighted by Gasteiger charge is -2.27. The Morgan fingerprint density at radius 1 is 1.11 bits per heavy atom. The molecule has 1 aliphatic carbocycles. The van der Waals surface area contributed by atoms with Crippen LogP contribution in [0.15, 0.2) is 12.1 Å². The van der Waals surface area contributed by atoms with Gasteiger partial charge in [0.05, 0.1) is 5.69 Å². The lowest BCUT2D eigenvalue weighted by Crippen LogP contribution is -2.14. The van der Waals surface area contributed by atoms with Crippen molar-refractivity contribution in [1.82, 2.24) is 10.2 Å². The molecule has 1 aromatic rings. The van der Waals surface area contributed by atoms with Gasteiger partial charge >= 0.3 is 0 Å². The van der Waals surface area contributed by atoms with Crippen molar-refractivity contribution < 1.29 is 0 Å². The molecule has 0 radical (unpaired) electrons. The summed E-state index contributed by atoms with van der Waals surface area (Å²) in [4.78, 5) is 0. The van der Waals surface area contributed by atoms with Crippen molar-refractivity contribution in [3.8, 4) is 0 Å². The third kappa shape index (κ3) is 3.94. The molecule has 100 valence electrons. The summed E-state index contributed by atoms with van der Waals surface area (Å²) in [6, 6.07) is 3.90. The van der Waals surface area contributed by atoms with Crippen molar-refractivity contribution in [3.05, 3.63) is 23.0 Å². The predicted molar refractivity (Wildman–Crippen MR) is 75.9 cm³/mol. The van der Waals surface area contributed by atoms with E-state index in [-0.39, 0.29) is 0 Å². The van der Waals surface area contributed by atoms with E-state index in [9.17, 15) is 0 Å². The van der Waals surface area contributed by atoms with Crippen LogP contribution in [-0.2, 0) is 0 Å². The molecule has 18 heavy (non-hydrogen) atoms. The first-order chi connectivity index (χ1) is 8.79. The second kappa shape index (κ2) is 7.08. The Labute approximate surface area is 115 Å². The Kier molecular flexibility index (Phi) is 5.43. The number of halogens is 1. The summed E-state index contributed by atoms with van der Waals surface area (Å²) >= 11 is 5.77. The highest BCUT2D eigenvalue weighted by Crippen LogP contribution is 2.36. The number of nitrogens with zero attached hydrogens (tertiary/aromatic N) is 2. The van der Waals surface area contributed by atoms with Gasteiger partial charge in [-0.1, -0.05) is 44.2 Å². The summed E-state index contributed by atoms with van der Waals surface area (Å²) in [5.41, 5.74) is 1.13. The van der Waals surface area contributed by atoms with Gasteiger partial charge in [0, 0.05) is 5.92 Å². The highest BCUT2D eigenvalue weighted by Gasteiger charge is 2.23. The van der Waals surface area contributed by atoms with Gasteiger partial charge in [-0.2, -0.15) is 5.10 Å². The minimum Gasteiger partial charge on any atom is -0.154 e. The Hall–Kier alpha value is -0.630. The number of unbranched alkanes of at least 4 members (excludes halogenated alkanes) is 2. The zero-order chi connectivity index (χ0) is 12.8. The molecule has 0 aliphatic heterocycles. The molecule has 3 heteroatoms. The van der Waals surface area contributed by atoms with Gasteiger partial charge in [0.2, 0.25) is 0 Å². The molecule has 0 spiro atoms. The minimum absolute atomic E-state index is 0.493. The first-order valence-corrected chi connectivity index (χ1v) is 7.66. The Morgan fingerprint density at radius 2 is 1.89 bits per heavy atom. The molecule has 0 bridgehead atoms. The maximum absolute atomic E-state index is 5.77. The van der Waals surface area contributed by atoms with E-state index in [2.05, 4.69) is 17.1 Å². The molecule has 1 saturated carbocycles. The van der Waals surface area contributed by atoms with E-state index < -0.39 is 0 Å². The van der Waals surface area contributed by atoms with Crippen LogP contribution >= 0.6 is 11.6 Å². The van der Waals surface area contributed by atoms with Crippen LogP contribution < -0.4 is 0 Å². The Bertz CT molecular complexity index is 342. The molecular weight excluding hydrogens is 244 g/mol. The van der Waals surface area contributed by atoms with Gasteiger partial charge in [0.15, 0.2) is 5.15 Å². The van der Waals surface area contributed by atoms with Crippen LogP contribution in [0.25, 0.3) is 0 Å². The quantitative estimate of drug-likeness (QED) is 0.702. The van der Waals surface area contributed by atoms with E-state index in [1.165, 1.54) is 51.4 Å². The van der Waals surface area contributed by atoms with Crippen LogP contribution in [0, 0.1) is 5.92 Å². The SMILES string of the molecule is CCCCCC1CCC(c2ccc(Cl)nn2)CC1. The molecule has 0 atom stereocenters. The zero-order valence-corrected chi connectivity index (χ0v) is 12.0. The van der Waals surface area contributed by atoms with E-state index in [0.717, 1.165) is 11.6 Å². The van der Waals surface area contributed by atoms with Gasteiger partial charge < -0.3 is 0 Å². The van der Waals surface area contributed by atoms with Crippen LogP contribution in [0.1, 0.15) is 69.9 Å².